The van der Waals surface area contributed by atoms with Crippen LogP contribution >= 0.6 is 0 Å². The lowest BCUT2D eigenvalue weighted by atomic mass is 10.1. The Balaban J connectivity index is 2.34. The average Bonchev–Trinajstić information content (AvgIpc) is 2.59. The van der Waals surface area contributed by atoms with Crippen LogP contribution in [0.5, 0.6) is 0 Å². The van der Waals surface area contributed by atoms with E-state index in [1.807, 2.05) is 0 Å². The van der Waals surface area contributed by atoms with Crippen LogP contribution in [0.15, 0.2) is 58.8 Å². The van der Waals surface area contributed by atoms with E-state index >= 15 is 0 Å². The number of nitrogens with zero attached hydrogens (tertiary/aromatic N) is 1. The number of carbonyl (C=O) groups excluding carboxylic acids is 1. The molecular formula is C16H13NO6S. The number of rotatable bonds is 5. The summed E-state index contributed by atoms with van der Waals surface area (Å²) >= 11 is 0. The number of carbonyl (C=O) groups is 1. The van der Waals surface area contributed by atoms with Gasteiger partial charge in [-0.05, 0) is 29.8 Å². The van der Waals surface area contributed by atoms with Gasteiger partial charge in [-0.2, -0.15) is 0 Å². The van der Waals surface area contributed by atoms with Gasteiger partial charge in [-0.15, -0.1) is 0 Å². The van der Waals surface area contributed by atoms with E-state index in [9.17, 15) is 23.3 Å². The summed E-state index contributed by atoms with van der Waals surface area (Å²) in [5.41, 5.74) is 0.416. The number of ether oxygens (including phenoxy) is 1. The minimum Gasteiger partial charge on any atom is -0.465 e. The highest BCUT2D eigenvalue weighted by Gasteiger charge is 2.14. The van der Waals surface area contributed by atoms with Gasteiger partial charge in [-0.1, -0.05) is 18.2 Å². The van der Waals surface area contributed by atoms with E-state index in [4.69, 9.17) is 0 Å². The highest BCUT2D eigenvalue weighted by atomic mass is 32.2. The van der Waals surface area contributed by atoms with Gasteiger partial charge in [0.15, 0.2) is 9.84 Å². The van der Waals surface area contributed by atoms with Crippen LogP contribution in [0.1, 0.15) is 15.9 Å². The number of hydrogen-bond donors (Lipinski definition) is 0. The molecule has 2 aromatic carbocycles. The highest BCUT2D eigenvalue weighted by molar-refractivity contribution is 7.94. The second-order valence-electron chi connectivity index (χ2n) is 4.68. The molecule has 0 unspecified atom stereocenters. The van der Waals surface area contributed by atoms with Gasteiger partial charge in [0.2, 0.25) is 0 Å². The van der Waals surface area contributed by atoms with Crippen molar-refractivity contribution >= 4 is 27.6 Å². The molecule has 2 rings (SSSR count). The predicted molar refractivity (Wildman–Crippen MR) is 87.1 cm³/mol. The number of nitro groups is 1. The molecule has 124 valence electrons. The molecule has 0 fully saturated rings. The Hall–Kier alpha value is -3.00. The molecule has 0 aliphatic heterocycles. The van der Waals surface area contributed by atoms with Gasteiger partial charge in [0.25, 0.3) is 5.69 Å². The fraction of sp³-hybridized carbons (Fsp3) is 0.0625. The van der Waals surface area contributed by atoms with Crippen molar-refractivity contribution < 1.29 is 22.9 Å². The van der Waals surface area contributed by atoms with Gasteiger partial charge in [0, 0.05) is 17.5 Å². The molecule has 0 aromatic heterocycles. The molecule has 0 amide bonds. The van der Waals surface area contributed by atoms with Gasteiger partial charge < -0.3 is 4.74 Å². The molecule has 0 saturated heterocycles. The summed E-state index contributed by atoms with van der Waals surface area (Å²) in [6.45, 7) is 0. The standard InChI is InChI=1S/C16H13NO6S/c1-23-16(18)15-5-3-2-4-12(15)10-11-24(21,22)14-8-6-13(7-9-14)17(19)20/h2-11H,1H3/b11-10+. The van der Waals surface area contributed by atoms with Gasteiger partial charge >= 0.3 is 5.97 Å². The normalized spacial score (nSPS) is 11.4. The molecule has 0 saturated carbocycles. The van der Waals surface area contributed by atoms with Crippen LogP contribution in [0.2, 0.25) is 0 Å². The molecule has 8 heteroatoms. The summed E-state index contributed by atoms with van der Waals surface area (Å²) in [6.07, 6.45) is 1.28. The lowest BCUT2D eigenvalue weighted by Crippen LogP contribution is -2.03. The van der Waals surface area contributed by atoms with E-state index in [0.29, 0.717) is 5.56 Å². The molecule has 24 heavy (non-hydrogen) atoms. The van der Waals surface area contributed by atoms with Crippen LogP contribution in [-0.2, 0) is 14.6 Å². The Morgan fingerprint density at radius 3 is 2.33 bits per heavy atom. The zero-order valence-corrected chi connectivity index (χ0v) is 13.4. The number of hydrogen-bond acceptors (Lipinski definition) is 6. The third-order valence-electron chi connectivity index (χ3n) is 3.17. The van der Waals surface area contributed by atoms with E-state index < -0.39 is 20.7 Å². The molecule has 0 atom stereocenters. The quantitative estimate of drug-likeness (QED) is 0.468. The van der Waals surface area contributed by atoms with Crippen molar-refractivity contribution in [3.63, 3.8) is 0 Å². The Kier molecular flexibility index (Phi) is 5.10. The molecule has 0 aliphatic carbocycles. The lowest BCUT2D eigenvalue weighted by Gasteiger charge is -2.03. The Labute approximate surface area is 138 Å². The van der Waals surface area contributed by atoms with Crippen molar-refractivity contribution in [1.29, 1.82) is 0 Å². The first kappa shape index (κ1) is 17.4. The van der Waals surface area contributed by atoms with Gasteiger partial charge in [0.1, 0.15) is 0 Å². The SMILES string of the molecule is COC(=O)c1ccccc1/C=C/S(=O)(=O)c1ccc([N+](=O)[O-])cc1. The molecular weight excluding hydrogens is 334 g/mol. The molecule has 0 radical (unpaired) electrons. The first-order valence-corrected chi connectivity index (χ1v) is 8.25. The number of non-ortho nitro benzene ring substituents is 1. The third kappa shape index (κ3) is 3.85. The van der Waals surface area contributed by atoms with Crippen LogP contribution in [0, 0.1) is 10.1 Å². The minimum atomic E-state index is -3.81. The number of methoxy groups -OCH3 is 1. The second kappa shape index (κ2) is 7.05. The van der Waals surface area contributed by atoms with Crippen LogP contribution in [-0.4, -0.2) is 26.4 Å². The Morgan fingerprint density at radius 2 is 1.75 bits per heavy atom. The molecule has 0 heterocycles. The largest absolute Gasteiger partial charge is 0.465 e. The monoisotopic (exact) mass is 347 g/mol. The maximum atomic E-state index is 12.3. The smallest absolute Gasteiger partial charge is 0.338 e. The molecule has 0 spiro atoms. The van der Waals surface area contributed by atoms with E-state index in [1.165, 1.54) is 19.3 Å². The molecule has 2 aromatic rings. The highest BCUT2D eigenvalue weighted by Crippen LogP contribution is 2.19. The summed E-state index contributed by atoms with van der Waals surface area (Å²) in [5.74, 6) is -0.581. The topological polar surface area (TPSA) is 104 Å². The van der Waals surface area contributed by atoms with Crippen molar-refractivity contribution in [2.24, 2.45) is 0 Å². The van der Waals surface area contributed by atoms with Crippen LogP contribution < -0.4 is 0 Å². The number of nitro benzene ring substituents is 1. The average molecular weight is 347 g/mol. The molecule has 0 N–H and O–H groups in total. The first-order valence-electron chi connectivity index (χ1n) is 6.70. The molecule has 0 bridgehead atoms. The number of benzene rings is 2. The van der Waals surface area contributed by atoms with Crippen LogP contribution in [0.25, 0.3) is 6.08 Å². The zero-order chi connectivity index (χ0) is 17.7. The molecule has 0 aliphatic rings. The maximum Gasteiger partial charge on any atom is 0.338 e. The summed E-state index contributed by atoms with van der Waals surface area (Å²) in [5, 5.41) is 11.5. The lowest BCUT2D eigenvalue weighted by molar-refractivity contribution is -0.384. The van der Waals surface area contributed by atoms with E-state index in [1.54, 1.807) is 18.2 Å². The number of sulfone groups is 1. The van der Waals surface area contributed by atoms with Crippen molar-refractivity contribution in [3.05, 3.63) is 75.2 Å². The Bertz CT molecular complexity index is 900. The van der Waals surface area contributed by atoms with Crippen molar-refractivity contribution in [3.8, 4) is 0 Å². The maximum absolute atomic E-state index is 12.3. The van der Waals surface area contributed by atoms with Crippen molar-refractivity contribution in [1.82, 2.24) is 0 Å². The fourth-order valence-corrected chi connectivity index (χ4v) is 2.94. The third-order valence-corrected chi connectivity index (χ3v) is 4.59. The van der Waals surface area contributed by atoms with Gasteiger partial charge in [0.05, 0.1) is 22.5 Å². The molecule has 7 nitrogen and oxygen atoms in total. The van der Waals surface area contributed by atoms with Crippen LogP contribution in [0.3, 0.4) is 0 Å². The van der Waals surface area contributed by atoms with Crippen molar-refractivity contribution in [2.45, 2.75) is 4.90 Å². The first-order chi connectivity index (χ1) is 11.3. The second-order valence-corrected chi connectivity index (χ2v) is 6.51. The summed E-state index contributed by atoms with van der Waals surface area (Å²) < 4.78 is 29.2. The number of esters is 1. The van der Waals surface area contributed by atoms with E-state index in [-0.39, 0.29) is 16.1 Å². The van der Waals surface area contributed by atoms with Gasteiger partial charge in [-0.25, -0.2) is 13.2 Å². The summed E-state index contributed by atoms with van der Waals surface area (Å²) in [4.78, 5) is 21.6. The minimum absolute atomic E-state index is 0.0834. The zero-order valence-electron chi connectivity index (χ0n) is 12.6. The van der Waals surface area contributed by atoms with E-state index in [0.717, 1.165) is 29.7 Å². The van der Waals surface area contributed by atoms with E-state index in [2.05, 4.69) is 4.74 Å². The fourth-order valence-electron chi connectivity index (χ4n) is 1.94. The Morgan fingerprint density at radius 1 is 1.12 bits per heavy atom. The summed E-state index contributed by atoms with van der Waals surface area (Å²) in [6, 6.07) is 10.9. The van der Waals surface area contributed by atoms with Crippen LogP contribution in [0.4, 0.5) is 5.69 Å². The summed E-state index contributed by atoms with van der Waals surface area (Å²) in [7, 11) is -2.57. The predicted octanol–water partition coefficient (Wildman–Crippen LogP) is 2.83. The van der Waals surface area contributed by atoms with Crippen molar-refractivity contribution in [2.75, 3.05) is 7.11 Å². The van der Waals surface area contributed by atoms with Gasteiger partial charge in [-0.3, -0.25) is 10.1 Å².